The van der Waals surface area contributed by atoms with E-state index in [1.54, 1.807) is 0 Å². The molecule has 0 amide bonds. The van der Waals surface area contributed by atoms with E-state index in [9.17, 15) is 9.90 Å². The average Bonchev–Trinajstić information content (AvgIpc) is 2.18. The van der Waals surface area contributed by atoms with Gasteiger partial charge in [-0.05, 0) is 31.1 Å². The van der Waals surface area contributed by atoms with Gasteiger partial charge in [-0.25, -0.2) is 0 Å². The molecule has 0 aromatic rings. The van der Waals surface area contributed by atoms with E-state index >= 15 is 0 Å². The highest BCUT2D eigenvalue weighted by Crippen LogP contribution is 2.45. The number of hydrogen-bond donors (Lipinski definition) is 2. The summed E-state index contributed by atoms with van der Waals surface area (Å²) in [7, 11) is 0. The number of aliphatic hydroxyl groups excluding tert-OH is 1. The van der Waals surface area contributed by atoms with E-state index in [4.69, 9.17) is 5.73 Å². The lowest BCUT2D eigenvalue weighted by molar-refractivity contribution is -0.124. The number of nitrogens with two attached hydrogens (primary N) is 1. The van der Waals surface area contributed by atoms with Crippen LogP contribution < -0.4 is 5.73 Å². The van der Waals surface area contributed by atoms with E-state index in [0.717, 1.165) is 25.7 Å². The SMILES string of the molecule is CC1(C)CCC(CN)(C(O)C=O)CC1. The minimum atomic E-state index is -0.886. The van der Waals surface area contributed by atoms with E-state index in [0.29, 0.717) is 18.2 Å². The number of aliphatic hydroxyl groups is 1. The van der Waals surface area contributed by atoms with Crippen LogP contribution in [0.25, 0.3) is 0 Å². The number of hydrogen-bond acceptors (Lipinski definition) is 3. The van der Waals surface area contributed by atoms with E-state index in [1.165, 1.54) is 0 Å². The molecule has 1 unspecified atom stereocenters. The number of rotatable bonds is 3. The van der Waals surface area contributed by atoms with Gasteiger partial charge in [-0.2, -0.15) is 0 Å². The van der Waals surface area contributed by atoms with Crippen LogP contribution in [0.3, 0.4) is 0 Å². The van der Waals surface area contributed by atoms with Crippen LogP contribution in [0.15, 0.2) is 0 Å². The molecule has 14 heavy (non-hydrogen) atoms. The maximum Gasteiger partial charge on any atom is 0.149 e. The van der Waals surface area contributed by atoms with Gasteiger partial charge in [-0.15, -0.1) is 0 Å². The second-order valence-electron chi connectivity index (χ2n) is 5.31. The normalized spacial score (nSPS) is 26.9. The summed E-state index contributed by atoms with van der Waals surface area (Å²) in [5.41, 5.74) is 5.67. The van der Waals surface area contributed by atoms with E-state index in [2.05, 4.69) is 13.8 Å². The number of aldehydes is 1. The summed E-state index contributed by atoms with van der Waals surface area (Å²) < 4.78 is 0. The Kier molecular flexibility index (Phi) is 3.32. The van der Waals surface area contributed by atoms with Crippen molar-refractivity contribution < 1.29 is 9.90 Å². The summed E-state index contributed by atoms with van der Waals surface area (Å²) >= 11 is 0. The first-order chi connectivity index (χ1) is 6.46. The molecule has 0 aromatic carbocycles. The standard InChI is InChI=1S/C11H21NO2/c1-10(2)3-5-11(8-12,6-4-10)9(14)7-13/h7,9,14H,3-6,8,12H2,1-2H3. The molecule has 3 N–H and O–H groups in total. The topological polar surface area (TPSA) is 63.3 Å². The smallest absolute Gasteiger partial charge is 0.149 e. The molecule has 1 aliphatic rings. The molecule has 0 saturated heterocycles. The summed E-state index contributed by atoms with van der Waals surface area (Å²) in [6.07, 6.45) is 3.53. The van der Waals surface area contributed by atoms with Crippen molar-refractivity contribution in [1.29, 1.82) is 0 Å². The Morgan fingerprint density at radius 1 is 1.36 bits per heavy atom. The highest BCUT2D eigenvalue weighted by atomic mass is 16.3. The van der Waals surface area contributed by atoms with Crippen LogP contribution in [0.2, 0.25) is 0 Å². The van der Waals surface area contributed by atoms with Gasteiger partial charge in [-0.3, -0.25) is 0 Å². The lowest BCUT2D eigenvalue weighted by atomic mass is 9.63. The first-order valence-corrected chi connectivity index (χ1v) is 5.29. The predicted molar refractivity (Wildman–Crippen MR) is 55.8 cm³/mol. The molecule has 1 saturated carbocycles. The van der Waals surface area contributed by atoms with Crippen LogP contribution in [0, 0.1) is 10.8 Å². The van der Waals surface area contributed by atoms with Gasteiger partial charge in [0.2, 0.25) is 0 Å². The first-order valence-electron chi connectivity index (χ1n) is 5.29. The van der Waals surface area contributed by atoms with Gasteiger partial charge in [-0.1, -0.05) is 13.8 Å². The van der Waals surface area contributed by atoms with Gasteiger partial charge < -0.3 is 15.6 Å². The largest absolute Gasteiger partial charge is 0.385 e. The Hall–Kier alpha value is -0.410. The third kappa shape index (κ3) is 2.15. The summed E-state index contributed by atoms with van der Waals surface area (Å²) in [5, 5.41) is 9.66. The molecule has 1 rings (SSSR count). The molecule has 3 nitrogen and oxygen atoms in total. The van der Waals surface area contributed by atoms with Crippen molar-refractivity contribution >= 4 is 6.29 Å². The van der Waals surface area contributed by atoms with E-state index in [1.807, 2.05) is 0 Å². The fraction of sp³-hybridized carbons (Fsp3) is 0.909. The van der Waals surface area contributed by atoms with Crippen molar-refractivity contribution in [3.8, 4) is 0 Å². The molecule has 0 heterocycles. The van der Waals surface area contributed by atoms with Crippen LogP contribution in [-0.2, 0) is 4.79 Å². The summed E-state index contributed by atoms with van der Waals surface area (Å²) in [6, 6.07) is 0. The van der Waals surface area contributed by atoms with Crippen LogP contribution in [0.4, 0.5) is 0 Å². The van der Waals surface area contributed by atoms with Gasteiger partial charge in [0.1, 0.15) is 12.4 Å². The van der Waals surface area contributed by atoms with Gasteiger partial charge in [0.25, 0.3) is 0 Å². The molecular formula is C11H21NO2. The summed E-state index contributed by atoms with van der Waals surface area (Å²) in [6.45, 7) is 4.85. The fourth-order valence-electron chi connectivity index (χ4n) is 2.19. The van der Waals surface area contributed by atoms with Gasteiger partial charge >= 0.3 is 0 Å². The highest BCUT2D eigenvalue weighted by Gasteiger charge is 2.42. The van der Waals surface area contributed by atoms with Crippen molar-refractivity contribution in [2.24, 2.45) is 16.6 Å². The third-order valence-electron chi connectivity index (χ3n) is 3.76. The average molecular weight is 199 g/mol. The monoisotopic (exact) mass is 199 g/mol. The summed E-state index contributed by atoms with van der Waals surface area (Å²) in [5.74, 6) is 0. The van der Waals surface area contributed by atoms with Gasteiger partial charge in [0.15, 0.2) is 0 Å². The van der Waals surface area contributed by atoms with Crippen LogP contribution >= 0.6 is 0 Å². The van der Waals surface area contributed by atoms with Crippen LogP contribution in [-0.4, -0.2) is 24.0 Å². The Bertz CT molecular complexity index is 203. The Morgan fingerprint density at radius 3 is 2.21 bits per heavy atom. The Labute approximate surface area is 85.7 Å². The lowest BCUT2D eigenvalue weighted by Gasteiger charge is -2.44. The minimum absolute atomic E-state index is 0.335. The molecule has 1 fully saturated rings. The quantitative estimate of drug-likeness (QED) is 0.669. The number of carbonyl (C=O) groups is 1. The minimum Gasteiger partial charge on any atom is -0.385 e. The molecule has 1 atom stereocenters. The van der Waals surface area contributed by atoms with E-state index in [-0.39, 0.29) is 5.41 Å². The highest BCUT2D eigenvalue weighted by molar-refractivity contribution is 5.57. The molecule has 0 radical (unpaired) electrons. The zero-order valence-electron chi connectivity index (χ0n) is 9.12. The van der Waals surface area contributed by atoms with E-state index < -0.39 is 6.10 Å². The first kappa shape index (κ1) is 11.7. The second kappa shape index (κ2) is 3.99. The van der Waals surface area contributed by atoms with Crippen molar-refractivity contribution in [2.75, 3.05) is 6.54 Å². The molecule has 0 aromatic heterocycles. The van der Waals surface area contributed by atoms with Crippen molar-refractivity contribution in [3.05, 3.63) is 0 Å². The zero-order valence-corrected chi connectivity index (χ0v) is 9.12. The fourth-order valence-corrected chi connectivity index (χ4v) is 2.19. The predicted octanol–water partition coefficient (Wildman–Crippen LogP) is 1.09. The summed E-state index contributed by atoms with van der Waals surface area (Å²) in [4.78, 5) is 10.6. The number of carbonyl (C=O) groups excluding carboxylic acids is 1. The molecule has 82 valence electrons. The van der Waals surface area contributed by atoms with Crippen molar-refractivity contribution in [2.45, 2.75) is 45.6 Å². The Balaban J connectivity index is 2.70. The molecule has 0 bridgehead atoms. The third-order valence-corrected chi connectivity index (χ3v) is 3.76. The molecule has 0 aliphatic heterocycles. The second-order valence-corrected chi connectivity index (χ2v) is 5.31. The lowest BCUT2D eigenvalue weighted by Crippen LogP contribution is -2.46. The molecular weight excluding hydrogens is 178 g/mol. The van der Waals surface area contributed by atoms with Crippen molar-refractivity contribution in [1.82, 2.24) is 0 Å². The van der Waals surface area contributed by atoms with Gasteiger partial charge in [0.05, 0.1) is 0 Å². The zero-order chi connectivity index (χ0) is 10.8. The van der Waals surface area contributed by atoms with Crippen LogP contribution in [0.5, 0.6) is 0 Å². The Morgan fingerprint density at radius 2 is 1.86 bits per heavy atom. The van der Waals surface area contributed by atoms with Gasteiger partial charge in [0, 0.05) is 12.0 Å². The van der Waals surface area contributed by atoms with Crippen LogP contribution in [0.1, 0.15) is 39.5 Å². The molecule has 1 aliphatic carbocycles. The van der Waals surface area contributed by atoms with Crippen molar-refractivity contribution in [3.63, 3.8) is 0 Å². The molecule has 3 heteroatoms. The molecule has 0 spiro atoms. The maximum atomic E-state index is 10.6. The maximum absolute atomic E-state index is 10.6.